The molecule has 0 unspecified atom stereocenters. The van der Waals surface area contributed by atoms with E-state index in [1.165, 1.54) is 17.7 Å². The van der Waals surface area contributed by atoms with Gasteiger partial charge in [-0.3, -0.25) is 4.90 Å². The predicted octanol–water partition coefficient (Wildman–Crippen LogP) is 3.45. The first-order valence-electron chi connectivity index (χ1n) is 7.62. The van der Waals surface area contributed by atoms with Crippen LogP contribution in [0.3, 0.4) is 0 Å². The van der Waals surface area contributed by atoms with Crippen molar-refractivity contribution < 1.29 is 9.52 Å². The van der Waals surface area contributed by atoms with Crippen LogP contribution < -0.4 is 0 Å². The van der Waals surface area contributed by atoms with Crippen molar-refractivity contribution >= 4 is 11.3 Å². The first-order chi connectivity index (χ1) is 10.3. The van der Waals surface area contributed by atoms with Crippen LogP contribution in [-0.2, 0) is 6.54 Å². The molecule has 1 aliphatic rings. The molecule has 0 aliphatic heterocycles. The summed E-state index contributed by atoms with van der Waals surface area (Å²) in [7, 11) is 0. The lowest BCUT2D eigenvalue weighted by Gasteiger charge is -2.20. The van der Waals surface area contributed by atoms with E-state index in [1.54, 1.807) is 11.3 Å². The van der Waals surface area contributed by atoms with Gasteiger partial charge in [-0.15, -0.1) is 11.3 Å². The smallest absolute Gasteiger partial charge is 0.162 e. The second-order valence-electron chi connectivity index (χ2n) is 5.67. The fourth-order valence-corrected chi connectivity index (χ4v) is 3.40. The van der Waals surface area contributed by atoms with Crippen LogP contribution in [0.15, 0.2) is 22.7 Å². The molecule has 3 rings (SSSR count). The molecule has 0 amide bonds. The molecule has 1 aliphatic carbocycles. The van der Waals surface area contributed by atoms with Crippen molar-refractivity contribution in [2.24, 2.45) is 0 Å². The number of furan rings is 1. The van der Waals surface area contributed by atoms with Crippen LogP contribution >= 0.6 is 11.3 Å². The normalized spacial score (nSPS) is 15.0. The predicted molar refractivity (Wildman–Crippen MR) is 84.3 cm³/mol. The third-order valence-corrected chi connectivity index (χ3v) is 4.78. The molecule has 2 aromatic heterocycles. The topological polar surface area (TPSA) is 49.5 Å². The summed E-state index contributed by atoms with van der Waals surface area (Å²) in [5.41, 5.74) is 0. The third-order valence-electron chi connectivity index (χ3n) is 3.78. The van der Waals surface area contributed by atoms with Crippen LogP contribution in [-0.4, -0.2) is 34.2 Å². The van der Waals surface area contributed by atoms with E-state index >= 15 is 0 Å². The quantitative estimate of drug-likeness (QED) is 0.759. The van der Waals surface area contributed by atoms with Gasteiger partial charge >= 0.3 is 0 Å². The van der Waals surface area contributed by atoms with Gasteiger partial charge in [-0.25, -0.2) is 4.98 Å². The summed E-state index contributed by atoms with van der Waals surface area (Å²) in [5.74, 6) is 1.78. The lowest BCUT2D eigenvalue weighted by atomic mass is 10.3. The molecule has 0 atom stereocenters. The number of hydrogen-bond acceptors (Lipinski definition) is 5. The summed E-state index contributed by atoms with van der Waals surface area (Å²) >= 11 is 1.72. The molecule has 0 spiro atoms. The molecule has 5 heteroatoms. The molecule has 0 saturated heterocycles. The van der Waals surface area contributed by atoms with Crippen molar-refractivity contribution in [3.05, 3.63) is 29.0 Å². The average Bonchev–Trinajstić information content (AvgIpc) is 3.07. The van der Waals surface area contributed by atoms with E-state index in [1.807, 2.05) is 25.3 Å². The van der Waals surface area contributed by atoms with Gasteiger partial charge in [0, 0.05) is 30.3 Å². The molecule has 2 heterocycles. The Labute approximate surface area is 129 Å². The van der Waals surface area contributed by atoms with E-state index in [9.17, 15) is 0 Å². The van der Waals surface area contributed by atoms with Crippen molar-refractivity contribution in [1.29, 1.82) is 0 Å². The highest BCUT2D eigenvalue weighted by molar-refractivity contribution is 7.14. The Morgan fingerprint density at radius 3 is 2.90 bits per heavy atom. The van der Waals surface area contributed by atoms with Crippen LogP contribution in [0.2, 0.25) is 0 Å². The third kappa shape index (κ3) is 3.93. The summed E-state index contributed by atoms with van der Waals surface area (Å²) in [6, 6.07) is 4.69. The zero-order valence-corrected chi connectivity index (χ0v) is 13.2. The minimum Gasteiger partial charge on any atom is -0.459 e. The second kappa shape index (κ2) is 6.73. The van der Waals surface area contributed by atoms with Gasteiger partial charge in [0.05, 0.1) is 0 Å². The fraction of sp³-hybridized carbons (Fsp3) is 0.562. The maximum absolute atomic E-state index is 8.92. The molecule has 1 fully saturated rings. The highest BCUT2D eigenvalue weighted by Gasteiger charge is 2.28. The highest BCUT2D eigenvalue weighted by atomic mass is 32.1. The van der Waals surface area contributed by atoms with Crippen LogP contribution in [0.4, 0.5) is 0 Å². The molecule has 21 heavy (non-hydrogen) atoms. The summed E-state index contributed by atoms with van der Waals surface area (Å²) in [4.78, 5) is 8.30. The van der Waals surface area contributed by atoms with E-state index in [2.05, 4.69) is 9.88 Å². The number of rotatable bonds is 8. The van der Waals surface area contributed by atoms with Gasteiger partial charge in [0.1, 0.15) is 5.76 Å². The average molecular weight is 306 g/mol. The minimum atomic E-state index is 0.293. The van der Waals surface area contributed by atoms with E-state index in [0.29, 0.717) is 6.61 Å². The highest BCUT2D eigenvalue weighted by Crippen LogP contribution is 2.32. The monoisotopic (exact) mass is 306 g/mol. The second-order valence-corrected chi connectivity index (χ2v) is 6.79. The maximum atomic E-state index is 8.92. The van der Waals surface area contributed by atoms with Gasteiger partial charge in [0.2, 0.25) is 0 Å². The Morgan fingerprint density at radius 1 is 1.38 bits per heavy atom. The van der Waals surface area contributed by atoms with Gasteiger partial charge in [0.25, 0.3) is 0 Å². The van der Waals surface area contributed by atoms with Gasteiger partial charge < -0.3 is 9.52 Å². The van der Waals surface area contributed by atoms with Gasteiger partial charge in [-0.1, -0.05) is 0 Å². The molecule has 1 saturated carbocycles. The summed E-state index contributed by atoms with van der Waals surface area (Å²) < 4.78 is 5.63. The van der Waals surface area contributed by atoms with Crippen LogP contribution in [0.25, 0.3) is 10.8 Å². The van der Waals surface area contributed by atoms with Gasteiger partial charge in [-0.2, -0.15) is 0 Å². The van der Waals surface area contributed by atoms with E-state index < -0.39 is 0 Å². The number of aryl methyl sites for hydroxylation is 1. The number of aromatic nitrogens is 1. The molecule has 0 bridgehead atoms. The summed E-state index contributed by atoms with van der Waals surface area (Å²) in [6.45, 7) is 4.28. The van der Waals surface area contributed by atoms with E-state index in [0.717, 1.165) is 48.5 Å². The number of unbranched alkanes of at least 4 members (excludes halogenated alkanes) is 1. The Balaban J connectivity index is 1.62. The Bertz CT molecular complexity index is 574. The molecule has 0 radical (unpaired) electrons. The Hall–Kier alpha value is -1.17. The molecule has 4 nitrogen and oxygen atoms in total. The lowest BCUT2D eigenvalue weighted by molar-refractivity contribution is 0.230. The zero-order chi connectivity index (χ0) is 14.7. The molecule has 114 valence electrons. The van der Waals surface area contributed by atoms with E-state index in [-0.39, 0.29) is 0 Å². The lowest BCUT2D eigenvalue weighted by Crippen LogP contribution is -2.26. The zero-order valence-electron chi connectivity index (χ0n) is 12.4. The number of hydrogen-bond donors (Lipinski definition) is 1. The van der Waals surface area contributed by atoms with Crippen LogP contribution in [0.5, 0.6) is 0 Å². The summed E-state index contributed by atoms with van der Waals surface area (Å²) in [6.07, 6.45) is 6.54. The van der Waals surface area contributed by atoms with Crippen molar-refractivity contribution in [1.82, 2.24) is 9.88 Å². The molecular weight excluding hydrogens is 284 g/mol. The molecular formula is C16H22N2O2S. The van der Waals surface area contributed by atoms with E-state index in [4.69, 9.17) is 9.52 Å². The van der Waals surface area contributed by atoms with Crippen LogP contribution in [0, 0.1) is 6.92 Å². The molecule has 1 N–H and O–H groups in total. The standard InChI is InChI=1S/C16H22N2O2S/c1-12-4-7-15(20-12)16-17-10-14(21-16)11-18(13-5-6-13)8-2-3-9-19/h4,7,10,13,19H,2-3,5-6,8-9,11H2,1H3. The van der Waals surface area contributed by atoms with Crippen molar-refractivity contribution in [3.63, 3.8) is 0 Å². The van der Waals surface area contributed by atoms with Crippen molar-refractivity contribution in [2.75, 3.05) is 13.2 Å². The Morgan fingerprint density at radius 2 is 2.24 bits per heavy atom. The maximum Gasteiger partial charge on any atom is 0.162 e. The number of thiazole rings is 1. The number of nitrogens with zero attached hydrogens (tertiary/aromatic N) is 2. The molecule has 0 aromatic carbocycles. The molecule has 2 aromatic rings. The van der Waals surface area contributed by atoms with Crippen molar-refractivity contribution in [2.45, 2.75) is 45.2 Å². The minimum absolute atomic E-state index is 0.293. The van der Waals surface area contributed by atoms with Gasteiger partial charge in [-0.05, 0) is 51.3 Å². The summed E-state index contributed by atoms with van der Waals surface area (Å²) in [5, 5.41) is 9.88. The number of aliphatic hydroxyl groups is 1. The van der Waals surface area contributed by atoms with Crippen molar-refractivity contribution in [3.8, 4) is 10.8 Å². The largest absolute Gasteiger partial charge is 0.459 e. The first-order valence-corrected chi connectivity index (χ1v) is 8.44. The first kappa shape index (κ1) is 14.8. The fourth-order valence-electron chi connectivity index (χ4n) is 2.50. The van der Waals surface area contributed by atoms with Gasteiger partial charge in [0.15, 0.2) is 10.8 Å². The Kier molecular flexibility index (Phi) is 4.73. The SMILES string of the molecule is Cc1ccc(-c2ncc(CN(CCCCO)C3CC3)s2)o1. The van der Waals surface area contributed by atoms with Crippen LogP contribution in [0.1, 0.15) is 36.3 Å². The number of aliphatic hydroxyl groups excluding tert-OH is 1.